The molecule has 5 nitrogen and oxygen atoms in total. The zero-order valence-corrected chi connectivity index (χ0v) is 13.2. The number of rotatable bonds is 4. The van der Waals surface area contributed by atoms with Crippen molar-refractivity contribution in [3.8, 4) is 11.5 Å². The molecule has 8 heteroatoms. The molecule has 1 aromatic carbocycles. The number of anilines is 1. The first kappa shape index (κ1) is 16.2. The largest absolute Gasteiger partial charge is 0.495 e. The molecular weight excluding hydrogens is 362 g/mol. The molecule has 0 aliphatic rings. The van der Waals surface area contributed by atoms with Gasteiger partial charge in [0, 0.05) is 5.56 Å². The van der Waals surface area contributed by atoms with E-state index in [0.717, 1.165) is 12.1 Å². The Morgan fingerprint density at radius 2 is 1.77 bits per heavy atom. The second-order valence-corrected chi connectivity index (χ2v) is 4.91. The first-order chi connectivity index (χ1) is 10.5. The van der Waals surface area contributed by atoms with Crippen molar-refractivity contribution in [2.45, 2.75) is 0 Å². The van der Waals surface area contributed by atoms with Crippen LogP contribution in [0.1, 0.15) is 10.4 Å². The van der Waals surface area contributed by atoms with E-state index in [1.54, 1.807) is 0 Å². The molecule has 0 aliphatic carbocycles. The summed E-state index contributed by atoms with van der Waals surface area (Å²) in [6, 6.07) is 4.94. The van der Waals surface area contributed by atoms with E-state index in [1.165, 1.54) is 26.4 Å². The fraction of sp³-hybridized carbons (Fsp3) is 0.143. The smallest absolute Gasteiger partial charge is 0.256 e. The lowest BCUT2D eigenvalue weighted by Gasteiger charge is -2.12. The van der Waals surface area contributed by atoms with Crippen molar-refractivity contribution in [3.05, 3.63) is 46.2 Å². The second-order valence-electron chi connectivity index (χ2n) is 4.12. The van der Waals surface area contributed by atoms with Gasteiger partial charge < -0.3 is 14.8 Å². The molecule has 0 spiro atoms. The molecule has 0 saturated carbocycles. The highest BCUT2D eigenvalue weighted by molar-refractivity contribution is 9.10. The van der Waals surface area contributed by atoms with E-state index in [1.807, 2.05) is 0 Å². The quantitative estimate of drug-likeness (QED) is 0.835. The van der Waals surface area contributed by atoms with E-state index in [9.17, 15) is 13.6 Å². The van der Waals surface area contributed by atoms with Crippen LogP contribution in [0.25, 0.3) is 0 Å². The van der Waals surface area contributed by atoms with Crippen LogP contribution in [0.15, 0.2) is 28.7 Å². The fourth-order valence-electron chi connectivity index (χ4n) is 1.70. The van der Waals surface area contributed by atoms with Crippen molar-refractivity contribution in [2.75, 3.05) is 19.5 Å². The van der Waals surface area contributed by atoms with Gasteiger partial charge in [-0.15, -0.1) is 0 Å². The number of nitrogens with zero attached hydrogens (tertiary/aromatic N) is 1. The summed E-state index contributed by atoms with van der Waals surface area (Å²) < 4.78 is 37.0. The fourth-order valence-corrected chi connectivity index (χ4v) is 2.25. The van der Waals surface area contributed by atoms with Gasteiger partial charge in [0.15, 0.2) is 0 Å². The number of nitrogens with one attached hydrogen (secondary N) is 1. The molecule has 1 aromatic heterocycles. The number of hydrogen-bond donors (Lipinski definition) is 1. The van der Waals surface area contributed by atoms with E-state index < -0.39 is 17.8 Å². The van der Waals surface area contributed by atoms with E-state index in [-0.39, 0.29) is 11.3 Å². The monoisotopic (exact) mass is 372 g/mol. The topological polar surface area (TPSA) is 60.5 Å². The SMILES string of the molecule is COc1cc(C(=O)Nc2ccc(F)nc2F)cc(OC)c1Br. The molecule has 0 aliphatic heterocycles. The van der Waals surface area contributed by atoms with E-state index in [2.05, 4.69) is 26.2 Å². The number of hydrogen-bond acceptors (Lipinski definition) is 4. The highest BCUT2D eigenvalue weighted by atomic mass is 79.9. The Hall–Kier alpha value is -2.22. The zero-order valence-electron chi connectivity index (χ0n) is 11.6. The van der Waals surface area contributed by atoms with Crippen molar-refractivity contribution < 1.29 is 23.0 Å². The molecule has 22 heavy (non-hydrogen) atoms. The zero-order chi connectivity index (χ0) is 16.3. The maximum Gasteiger partial charge on any atom is 0.256 e. The highest BCUT2D eigenvalue weighted by Gasteiger charge is 2.16. The Bertz CT molecular complexity index is 700. The number of carbonyl (C=O) groups excluding carboxylic acids is 1. The number of carbonyl (C=O) groups is 1. The molecule has 0 unspecified atom stereocenters. The Balaban J connectivity index is 2.33. The predicted molar refractivity (Wildman–Crippen MR) is 79.4 cm³/mol. The van der Waals surface area contributed by atoms with Crippen molar-refractivity contribution in [2.24, 2.45) is 0 Å². The van der Waals surface area contributed by atoms with Crippen molar-refractivity contribution >= 4 is 27.5 Å². The molecule has 0 radical (unpaired) electrons. The summed E-state index contributed by atoms with van der Waals surface area (Å²) in [4.78, 5) is 15.2. The Morgan fingerprint density at radius 1 is 1.18 bits per heavy atom. The number of amides is 1. The lowest BCUT2D eigenvalue weighted by molar-refractivity contribution is 0.102. The van der Waals surface area contributed by atoms with Crippen LogP contribution < -0.4 is 14.8 Å². The van der Waals surface area contributed by atoms with Crippen molar-refractivity contribution in [1.82, 2.24) is 4.98 Å². The summed E-state index contributed by atoms with van der Waals surface area (Å²) >= 11 is 3.28. The van der Waals surface area contributed by atoms with Gasteiger partial charge in [-0.25, -0.2) is 0 Å². The van der Waals surface area contributed by atoms with Crippen LogP contribution in [0.2, 0.25) is 0 Å². The molecule has 0 fully saturated rings. The maximum absolute atomic E-state index is 13.5. The third kappa shape index (κ3) is 3.33. The van der Waals surface area contributed by atoms with Gasteiger partial charge in [-0.1, -0.05) is 0 Å². The lowest BCUT2D eigenvalue weighted by atomic mass is 10.2. The summed E-state index contributed by atoms with van der Waals surface area (Å²) in [5.41, 5.74) is -0.0483. The number of halogens is 3. The van der Waals surface area contributed by atoms with Gasteiger partial charge in [-0.3, -0.25) is 4.79 Å². The molecule has 2 aromatic rings. The minimum Gasteiger partial charge on any atom is -0.495 e. The Morgan fingerprint density at radius 3 is 2.27 bits per heavy atom. The molecule has 2 rings (SSSR count). The van der Waals surface area contributed by atoms with E-state index in [0.29, 0.717) is 16.0 Å². The number of benzene rings is 1. The second kappa shape index (κ2) is 6.69. The Kier molecular flexibility index (Phi) is 4.92. The summed E-state index contributed by atoms with van der Waals surface area (Å²) in [6.45, 7) is 0. The average Bonchev–Trinajstić information content (AvgIpc) is 2.50. The molecule has 0 atom stereocenters. The number of methoxy groups -OCH3 is 2. The molecule has 1 heterocycles. The van der Waals surface area contributed by atoms with Gasteiger partial charge in [0.25, 0.3) is 5.91 Å². The van der Waals surface area contributed by atoms with Crippen LogP contribution in [0.3, 0.4) is 0 Å². The predicted octanol–water partition coefficient (Wildman–Crippen LogP) is 3.39. The molecule has 0 saturated heterocycles. The van der Waals surface area contributed by atoms with Gasteiger partial charge in [0.05, 0.1) is 19.9 Å². The van der Waals surface area contributed by atoms with Gasteiger partial charge in [-0.2, -0.15) is 13.8 Å². The van der Waals surface area contributed by atoms with Crippen LogP contribution >= 0.6 is 15.9 Å². The summed E-state index contributed by atoms with van der Waals surface area (Å²) in [5, 5.41) is 2.31. The van der Waals surface area contributed by atoms with Crippen LogP contribution in [0, 0.1) is 11.9 Å². The van der Waals surface area contributed by atoms with Crippen LogP contribution in [0.4, 0.5) is 14.5 Å². The highest BCUT2D eigenvalue weighted by Crippen LogP contribution is 2.35. The molecule has 1 N–H and O–H groups in total. The van der Waals surface area contributed by atoms with E-state index in [4.69, 9.17) is 9.47 Å². The molecule has 1 amide bonds. The minimum atomic E-state index is -1.11. The number of ether oxygens (including phenoxy) is 2. The Labute approximate surface area is 133 Å². The van der Waals surface area contributed by atoms with Crippen LogP contribution in [-0.2, 0) is 0 Å². The van der Waals surface area contributed by atoms with Gasteiger partial charge in [0.2, 0.25) is 11.9 Å². The van der Waals surface area contributed by atoms with Gasteiger partial charge in [0.1, 0.15) is 16.0 Å². The first-order valence-electron chi connectivity index (χ1n) is 6.01. The third-order valence-electron chi connectivity index (χ3n) is 2.77. The van der Waals surface area contributed by atoms with Gasteiger partial charge >= 0.3 is 0 Å². The first-order valence-corrected chi connectivity index (χ1v) is 6.80. The minimum absolute atomic E-state index is 0.181. The lowest BCUT2D eigenvalue weighted by Crippen LogP contribution is -2.14. The average molecular weight is 373 g/mol. The number of aromatic nitrogens is 1. The third-order valence-corrected chi connectivity index (χ3v) is 3.55. The van der Waals surface area contributed by atoms with Crippen molar-refractivity contribution in [1.29, 1.82) is 0 Å². The summed E-state index contributed by atoms with van der Waals surface area (Å²) in [5.74, 6) is -1.94. The summed E-state index contributed by atoms with van der Waals surface area (Å²) in [7, 11) is 2.87. The summed E-state index contributed by atoms with van der Waals surface area (Å²) in [6.07, 6.45) is 0. The van der Waals surface area contributed by atoms with E-state index >= 15 is 0 Å². The standard InChI is InChI=1S/C14H11BrF2N2O3/c1-21-9-5-7(6-10(22-2)12(9)15)14(20)18-8-3-4-11(16)19-13(8)17/h3-6H,1-2H3,(H,18,20). The van der Waals surface area contributed by atoms with Crippen LogP contribution in [-0.4, -0.2) is 25.1 Å². The van der Waals surface area contributed by atoms with Crippen molar-refractivity contribution in [3.63, 3.8) is 0 Å². The molecule has 0 bridgehead atoms. The van der Waals surface area contributed by atoms with Gasteiger partial charge in [-0.05, 0) is 40.2 Å². The maximum atomic E-state index is 13.5. The molecular formula is C14H11BrF2N2O3. The number of pyridine rings is 1. The normalized spacial score (nSPS) is 10.2. The molecule has 116 valence electrons. The van der Waals surface area contributed by atoms with Crippen LogP contribution in [0.5, 0.6) is 11.5 Å².